The first kappa shape index (κ1) is 14.9. The maximum absolute atomic E-state index is 11.0. The van der Waals surface area contributed by atoms with Crippen LogP contribution in [0.4, 0.5) is 5.69 Å². The van der Waals surface area contributed by atoms with Crippen molar-refractivity contribution in [3.63, 3.8) is 0 Å². The highest BCUT2D eigenvalue weighted by Gasteiger charge is 2.16. The Kier molecular flexibility index (Phi) is 4.83. The van der Waals surface area contributed by atoms with Crippen LogP contribution < -0.4 is 10.1 Å². The molecule has 0 bridgehead atoms. The monoisotopic (exact) mass is 292 g/mol. The molecule has 0 fully saturated rings. The van der Waals surface area contributed by atoms with Gasteiger partial charge in [0, 0.05) is 12.6 Å². The van der Waals surface area contributed by atoms with Crippen LogP contribution in [0, 0.1) is 17.0 Å². The number of rotatable bonds is 7. The molecule has 0 radical (unpaired) electrons. The molecule has 2 rings (SSSR count). The molecule has 1 aromatic heterocycles. The maximum Gasteiger partial charge on any atom is 0.310 e. The third-order valence-corrected chi connectivity index (χ3v) is 2.72. The molecule has 2 aromatic rings. The van der Waals surface area contributed by atoms with E-state index in [1.807, 2.05) is 6.92 Å². The lowest BCUT2D eigenvalue weighted by molar-refractivity contribution is -0.386. The van der Waals surface area contributed by atoms with Gasteiger partial charge >= 0.3 is 5.69 Å². The molecule has 0 atom stereocenters. The number of nitrogens with one attached hydrogen (secondary N) is 1. The van der Waals surface area contributed by atoms with E-state index in [9.17, 15) is 10.1 Å². The highest BCUT2D eigenvalue weighted by atomic mass is 16.6. The van der Waals surface area contributed by atoms with Crippen LogP contribution in [0.5, 0.6) is 5.75 Å². The van der Waals surface area contributed by atoms with E-state index in [0.29, 0.717) is 12.4 Å². The van der Waals surface area contributed by atoms with Gasteiger partial charge in [-0.15, -0.1) is 0 Å². The van der Waals surface area contributed by atoms with Crippen molar-refractivity contribution in [2.75, 3.05) is 6.54 Å². The van der Waals surface area contributed by atoms with Crippen molar-refractivity contribution < 1.29 is 14.2 Å². The number of hydrogen-bond donors (Lipinski definition) is 1. The summed E-state index contributed by atoms with van der Waals surface area (Å²) in [7, 11) is 0. The second kappa shape index (κ2) is 6.80. The molecule has 0 aliphatic rings. The van der Waals surface area contributed by atoms with Gasteiger partial charge in [0.15, 0.2) is 18.2 Å². The summed E-state index contributed by atoms with van der Waals surface area (Å²) in [6, 6.07) is 4.77. The van der Waals surface area contributed by atoms with Gasteiger partial charge in [0.2, 0.25) is 0 Å². The molecule has 8 heteroatoms. The molecule has 8 nitrogen and oxygen atoms in total. The number of ether oxygens (including phenoxy) is 1. The van der Waals surface area contributed by atoms with Crippen molar-refractivity contribution in [1.29, 1.82) is 0 Å². The minimum Gasteiger partial charge on any atom is -0.477 e. The quantitative estimate of drug-likeness (QED) is 0.614. The Balaban J connectivity index is 2.15. The van der Waals surface area contributed by atoms with Crippen LogP contribution >= 0.6 is 0 Å². The van der Waals surface area contributed by atoms with Crippen molar-refractivity contribution in [3.05, 3.63) is 45.6 Å². The molecule has 1 heterocycles. The third kappa shape index (κ3) is 3.99. The summed E-state index contributed by atoms with van der Waals surface area (Å²) in [6.45, 7) is 5.10. The van der Waals surface area contributed by atoms with Crippen molar-refractivity contribution in [2.45, 2.75) is 27.0 Å². The fraction of sp³-hybridized carbons (Fsp3) is 0.385. The summed E-state index contributed by atoms with van der Waals surface area (Å²) in [4.78, 5) is 14.5. The number of aromatic nitrogens is 2. The van der Waals surface area contributed by atoms with Gasteiger partial charge in [-0.2, -0.15) is 4.98 Å². The second-order valence-electron chi connectivity index (χ2n) is 4.36. The summed E-state index contributed by atoms with van der Waals surface area (Å²) < 4.78 is 10.4. The van der Waals surface area contributed by atoms with Crippen molar-refractivity contribution >= 4 is 5.69 Å². The molecular formula is C13H16N4O4. The summed E-state index contributed by atoms with van der Waals surface area (Å²) in [5, 5.41) is 17.8. The first-order valence-corrected chi connectivity index (χ1v) is 6.50. The van der Waals surface area contributed by atoms with Crippen LogP contribution in [0.3, 0.4) is 0 Å². The zero-order chi connectivity index (χ0) is 15.2. The van der Waals surface area contributed by atoms with Crippen molar-refractivity contribution in [2.24, 2.45) is 0 Å². The molecule has 0 aliphatic carbocycles. The van der Waals surface area contributed by atoms with E-state index in [2.05, 4.69) is 15.5 Å². The molecule has 1 aromatic carbocycles. The SMILES string of the molecule is CCNCc1ccc([N+](=O)[O-])c(OCc2nc(C)no2)c1. The zero-order valence-electron chi connectivity index (χ0n) is 11.8. The largest absolute Gasteiger partial charge is 0.477 e. The summed E-state index contributed by atoms with van der Waals surface area (Å²) >= 11 is 0. The van der Waals surface area contributed by atoms with E-state index in [4.69, 9.17) is 9.26 Å². The van der Waals surface area contributed by atoms with Gasteiger partial charge in [-0.3, -0.25) is 10.1 Å². The van der Waals surface area contributed by atoms with Crippen LogP contribution in [-0.2, 0) is 13.2 Å². The van der Waals surface area contributed by atoms with Crippen molar-refractivity contribution in [1.82, 2.24) is 15.5 Å². The van der Waals surface area contributed by atoms with Gasteiger partial charge < -0.3 is 14.6 Å². The molecule has 0 saturated heterocycles. The van der Waals surface area contributed by atoms with E-state index in [-0.39, 0.29) is 23.9 Å². The van der Waals surface area contributed by atoms with E-state index in [1.165, 1.54) is 6.07 Å². The number of nitro groups is 1. The molecule has 21 heavy (non-hydrogen) atoms. The number of hydrogen-bond acceptors (Lipinski definition) is 7. The first-order chi connectivity index (χ1) is 10.1. The van der Waals surface area contributed by atoms with Gasteiger partial charge in [0.1, 0.15) is 0 Å². The fourth-order valence-electron chi connectivity index (χ4n) is 1.74. The summed E-state index contributed by atoms with van der Waals surface area (Å²) in [5.74, 6) is 0.953. The molecule has 112 valence electrons. The Bertz CT molecular complexity index is 626. The molecule has 0 aliphatic heterocycles. The Morgan fingerprint density at radius 2 is 2.29 bits per heavy atom. The zero-order valence-corrected chi connectivity index (χ0v) is 11.8. The molecule has 0 unspecified atom stereocenters. The lowest BCUT2D eigenvalue weighted by Crippen LogP contribution is -2.12. The maximum atomic E-state index is 11.0. The van der Waals surface area contributed by atoms with Gasteiger partial charge in [-0.05, 0) is 25.1 Å². The highest BCUT2D eigenvalue weighted by molar-refractivity contribution is 5.48. The highest BCUT2D eigenvalue weighted by Crippen LogP contribution is 2.28. The molecule has 1 N–H and O–H groups in total. The average Bonchev–Trinajstić information content (AvgIpc) is 2.88. The van der Waals surface area contributed by atoms with Gasteiger partial charge in [-0.1, -0.05) is 18.1 Å². The Labute approximate surface area is 121 Å². The van der Waals surface area contributed by atoms with Crippen LogP contribution in [-0.4, -0.2) is 21.6 Å². The normalized spacial score (nSPS) is 10.6. The van der Waals surface area contributed by atoms with E-state index >= 15 is 0 Å². The van der Waals surface area contributed by atoms with E-state index < -0.39 is 4.92 Å². The van der Waals surface area contributed by atoms with Crippen LogP contribution in [0.15, 0.2) is 22.7 Å². The Hall–Kier alpha value is -2.48. The summed E-state index contributed by atoms with van der Waals surface area (Å²) in [5.41, 5.74) is 0.811. The number of nitrogens with zero attached hydrogens (tertiary/aromatic N) is 3. The lowest BCUT2D eigenvalue weighted by atomic mass is 10.2. The lowest BCUT2D eigenvalue weighted by Gasteiger charge is -2.07. The Morgan fingerprint density at radius 1 is 1.48 bits per heavy atom. The van der Waals surface area contributed by atoms with Gasteiger partial charge in [0.25, 0.3) is 5.89 Å². The molecule has 0 amide bonds. The Morgan fingerprint density at radius 3 is 2.90 bits per heavy atom. The van der Waals surface area contributed by atoms with Crippen LogP contribution in [0.1, 0.15) is 24.2 Å². The van der Waals surface area contributed by atoms with Crippen LogP contribution in [0.2, 0.25) is 0 Å². The van der Waals surface area contributed by atoms with E-state index in [1.54, 1.807) is 19.1 Å². The number of aryl methyl sites for hydroxylation is 1. The standard InChI is InChI=1S/C13H16N4O4/c1-3-14-7-10-4-5-11(17(18)19)12(6-10)20-8-13-15-9(2)16-21-13/h4-6,14H,3,7-8H2,1-2H3. The average molecular weight is 292 g/mol. The smallest absolute Gasteiger partial charge is 0.310 e. The minimum absolute atomic E-state index is 0.00760. The van der Waals surface area contributed by atoms with Gasteiger partial charge in [0.05, 0.1) is 4.92 Å². The van der Waals surface area contributed by atoms with Gasteiger partial charge in [-0.25, -0.2) is 0 Å². The predicted octanol–water partition coefficient (Wildman–Crippen LogP) is 1.97. The number of nitro benzene ring substituents is 1. The molecular weight excluding hydrogens is 276 g/mol. The molecule has 0 spiro atoms. The topological polar surface area (TPSA) is 103 Å². The van der Waals surface area contributed by atoms with E-state index in [0.717, 1.165) is 12.1 Å². The predicted molar refractivity (Wildman–Crippen MR) is 73.8 cm³/mol. The first-order valence-electron chi connectivity index (χ1n) is 6.50. The summed E-state index contributed by atoms with van der Waals surface area (Å²) in [6.07, 6.45) is 0. The third-order valence-electron chi connectivity index (χ3n) is 2.72. The number of benzene rings is 1. The second-order valence-corrected chi connectivity index (χ2v) is 4.36. The molecule has 0 saturated carbocycles. The van der Waals surface area contributed by atoms with Crippen molar-refractivity contribution in [3.8, 4) is 5.75 Å². The minimum atomic E-state index is -0.481. The van der Waals surface area contributed by atoms with Crippen LogP contribution in [0.25, 0.3) is 0 Å². The fourth-order valence-corrected chi connectivity index (χ4v) is 1.74.